The Morgan fingerprint density at radius 2 is 0.943 bits per heavy atom. The van der Waals surface area contributed by atoms with Gasteiger partial charge in [-0.3, -0.25) is 19.2 Å². The highest BCUT2D eigenvalue weighted by molar-refractivity contribution is 6.23. The molecule has 2 heterocycles. The quantitative estimate of drug-likeness (QED) is 0.361. The summed E-state index contributed by atoms with van der Waals surface area (Å²) in [5.74, 6) is -0.697. The standard InChI is InChI=1S/C27H32N4O4/c32-24-18-22(26(34)30(24)20-12-6-4-7-13-20)28-16-10-2-1-3-11-17-29-23-19-25(33)31(27(23)35)21-14-8-5-9-15-21/h4-9,12-15,22-23,28-29H,1-3,10-11,16-19H2. The van der Waals surface area contributed by atoms with Crippen molar-refractivity contribution >= 4 is 35.0 Å². The zero-order valence-corrected chi connectivity index (χ0v) is 19.8. The molecule has 8 heteroatoms. The molecular weight excluding hydrogens is 444 g/mol. The summed E-state index contributed by atoms with van der Waals surface area (Å²) in [5.41, 5.74) is 1.24. The van der Waals surface area contributed by atoms with Gasteiger partial charge in [0.2, 0.25) is 11.8 Å². The number of imide groups is 2. The SMILES string of the molecule is O=C1CC(NCCCCCCCNC2CC(=O)N(c3ccccc3)C2=O)C(=O)N1c1ccccc1. The molecule has 2 unspecified atom stereocenters. The summed E-state index contributed by atoms with van der Waals surface area (Å²) >= 11 is 0. The van der Waals surface area contributed by atoms with Gasteiger partial charge in [0.25, 0.3) is 11.8 Å². The zero-order valence-electron chi connectivity index (χ0n) is 19.8. The highest BCUT2D eigenvalue weighted by Crippen LogP contribution is 2.23. The van der Waals surface area contributed by atoms with Crippen molar-refractivity contribution in [1.82, 2.24) is 10.6 Å². The van der Waals surface area contributed by atoms with E-state index in [1.165, 1.54) is 9.80 Å². The van der Waals surface area contributed by atoms with Crippen molar-refractivity contribution in [1.29, 1.82) is 0 Å². The fourth-order valence-corrected chi connectivity index (χ4v) is 4.61. The minimum atomic E-state index is -0.450. The Bertz CT molecular complexity index is 960. The number of unbranched alkanes of at least 4 members (excludes halogenated alkanes) is 4. The third-order valence-corrected chi connectivity index (χ3v) is 6.46. The lowest BCUT2D eigenvalue weighted by Crippen LogP contribution is -2.39. The van der Waals surface area contributed by atoms with Crippen LogP contribution in [0.4, 0.5) is 11.4 Å². The molecule has 2 N–H and O–H groups in total. The number of para-hydroxylation sites is 2. The first-order valence-electron chi connectivity index (χ1n) is 12.4. The first kappa shape index (κ1) is 24.8. The van der Waals surface area contributed by atoms with E-state index in [0.717, 1.165) is 32.1 Å². The van der Waals surface area contributed by atoms with E-state index in [1.54, 1.807) is 24.3 Å². The molecule has 2 saturated heterocycles. The third-order valence-electron chi connectivity index (χ3n) is 6.46. The number of nitrogens with one attached hydrogen (secondary N) is 2. The van der Waals surface area contributed by atoms with Crippen LogP contribution >= 0.6 is 0 Å². The molecule has 35 heavy (non-hydrogen) atoms. The van der Waals surface area contributed by atoms with Gasteiger partial charge in [0, 0.05) is 0 Å². The highest BCUT2D eigenvalue weighted by Gasteiger charge is 2.39. The maximum absolute atomic E-state index is 12.6. The number of hydrogen-bond donors (Lipinski definition) is 2. The second kappa shape index (κ2) is 11.9. The highest BCUT2D eigenvalue weighted by atomic mass is 16.2. The lowest BCUT2D eigenvalue weighted by atomic mass is 10.1. The molecule has 2 atom stereocenters. The van der Waals surface area contributed by atoms with Crippen LogP contribution in [0.1, 0.15) is 44.9 Å². The Morgan fingerprint density at radius 1 is 0.571 bits per heavy atom. The smallest absolute Gasteiger partial charge is 0.251 e. The summed E-state index contributed by atoms with van der Waals surface area (Å²) in [6.45, 7) is 1.39. The number of benzene rings is 2. The Balaban J connectivity index is 1.07. The van der Waals surface area contributed by atoms with E-state index in [2.05, 4.69) is 10.6 Å². The molecule has 2 fully saturated rings. The second-order valence-electron chi connectivity index (χ2n) is 9.00. The molecular formula is C27H32N4O4. The van der Waals surface area contributed by atoms with Crippen molar-refractivity contribution < 1.29 is 19.2 Å². The van der Waals surface area contributed by atoms with Gasteiger partial charge in [-0.25, -0.2) is 9.80 Å². The average molecular weight is 477 g/mol. The van der Waals surface area contributed by atoms with E-state index in [4.69, 9.17) is 0 Å². The van der Waals surface area contributed by atoms with E-state index in [0.29, 0.717) is 24.5 Å². The van der Waals surface area contributed by atoms with Gasteiger partial charge in [-0.05, 0) is 50.2 Å². The second-order valence-corrected chi connectivity index (χ2v) is 9.00. The number of amides is 4. The Labute approximate surface area is 205 Å². The molecule has 0 saturated carbocycles. The Hall–Kier alpha value is -3.36. The molecule has 0 radical (unpaired) electrons. The lowest BCUT2D eigenvalue weighted by Gasteiger charge is -2.15. The molecule has 4 rings (SSSR count). The van der Waals surface area contributed by atoms with Gasteiger partial charge < -0.3 is 10.6 Å². The molecule has 2 aromatic rings. The van der Waals surface area contributed by atoms with E-state index in [-0.39, 0.29) is 36.5 Å². The van der Waals surface area contributed by atoms with Gasteiger partial charge in [0.1, 0.15) is 0 Å². The van der Waals surface area contributed by atoms with E-state index < -0.39 is 12.1 Å². The van der Waals surface area contributed by atoms with Gasteiger partial charge in [-0.1, -0.05) is 55.7 Å². The van der Waals surface area contributed by atoms with Crippen LogP contribution in [0.5, 0.6) is 0 Å². The summed E-state index contributed by atoms with van der Waals surface area (Å²) in [5, 5.41) is 6.46. The Kier molecular flexibility index (Phi) is 8.39. The number of anilines is 2. The van der Waals surface area contributed by atoms with Crippen LogP contribution < -0.4 is 20.4 Å². The third kappa shape index (κ3) is 6.01. The summed E-state index contributed by atoms with van der Waals surface area (Å²) < 4.78 is 0. The molecule has 4 amide bonds. The van der Waals surface area contributed by atoms with Crippen molar-refractivity contribution in [2.24, 2.45) is 0 Å². The van der Waals surface area contributed by atoms with Gasteiger partial charge in [0.15, 0.2) is 0 Å². The molecule has 0 aliphatic carbocycles. The molecule has 0 aromatic heterocycles. The van der Waals surface area contributed by atoms with Crippen LogP contribution in [0.3, 0.4) is 0 Å². The fraction of sp³-hybridized carbons (Fsp3) is 0.407. The molecule has 8 nitrogen and oxygen atoms in total. The minimum absolute atomic E-state index is 0.166. The van der Waals surface area contributed by atoms with Crippen molar-refractivity contribution in [3.8, 4) is 0 Å². The van der Waals surface area contributed by atoms with Crippen LogP contribution in [0, 0.1) is 0 Å². The molecule has 0 spiro atoms. The summed E-state index contributed by atoms with van der Waals surface area (Å²) in [6.07, 6.45) is 5.34. The molecule has 2 aliphatic rings. The van der Waals surface area contributed by atoms with Gasteiger partial charge in [0.05, 0.1) is 36.3 Å². The van der Waals surface area contributed by atoms with Crippen molar-refractivity contribution in [3.05, 3.63) is 60.7 Å². The number of nitrogens with zero attached hydrogens (tertiary/aromatic N) is 2. The van der Waals surface area contributed by atoms with Crippen molar-refractivity contribution in [3.63, 3.8) is 0 Å². The largest absolute Gasteiger partial charge is 0.305 e. The predicted octanol–water partition coefficient (Wildman–Crippen LogP) is 2.78. The maximum Gasteiger partial charge on any atom is 0.251 e. The number of carbonyl (C=O) groups excluding carboxylic acids is 4. The summed E-state index contributed by atoms with van der Waals surface area (Å²) in [6, 6.07) is 17.2. The van der Waals surface area contributed by atoms with Crippen LogP contribution in [-0.4, -0.2) is 48.8 Å². The summed E-state index contributed by atoms with van der Waals surface area (Å²) in [7, 11) is 0. The van der Waals surface area contributed by atoms with Crippen LogP contribution in [0.25, 0.3) is 0 Å². The predicted molar refractivity (Wildman–Crippen MR) is 134 cm³/mol. The topological polar surface area (TPSA) is 98.8 Å². The molecule has 2 aliphatic heterocycles. The van der Waals surface area contributed by atoms with E-state index in [1.807, 2.05) is 36.4 Å². The number of carbonyl (C=O) groups is 4. The molecule has 0 bridgehead atoms. The van der Waals surface area contributed by atoms with Crippen LogP contribution in [0.15, 0.2) is 60.7 Å². The van der Waals surface area contributed by atoms with Gasteiger partial charge in [-0.2, -0.15) is 0 Å². The number of rotatable bonds is 12. The van der Waals surface area contributed by atoms with E-state index >= 15 is 0 Å². The monoisotopic (exact) mass is 476 g/mol. The van der Waals surface area contributed by atoms with Crippen LogP contribution in [-0.2, 0) is 19.2 Å². The normalized spacial score (nSPS) is 20.3. The van der Waals surface area contributed by atoms with Crippen molar-refractivity contribution in [2.75, 3.05) is 22.9 Å². The minimum Gasteiger partial charge on any atom is -0.305 e. The first-order valence-corrected chi connectivity index (χ1v) is 12.4. The number of hydrogen-bond acceptors (Lipinski definition) is 6. The van der Waals surface area contributed by atoms with Gasteiger partial charge in [-0.15, -0.1) is 0 Å². The average Bonchev–Trinajstić information content (AvgIpc) is 3.32. The molecule has 2 aromatic carbocycles. The van der Waals surface area contributed by atoms with Crippen molar-refractivity contribution in [2.45, 2.75) is 57.0 Å². The van der Waals surface area contributed by atoms with Crippen LogP contribution in [0.2, 0.25) is 0 Å². The van der Waals surface area contributed by atoms with E-state index in [9.17, 15) is 19.2 Å². The lowest BCUT2D eigenvalue weighted by molar-refractivity contribution is -0.123. The Morgan fingerprint density at radius 3 is 1.34 bits per heavy atom. The zero-order chi connectivity index (χ0) is 24.6. The van der Waals surface area contributed by atoms with Gasteiger partial charge >= 0.3 is 0 Å². The fourth-order valence-electron chi connectivity index (χ4n) is 4.61. The molecule has 184 valence electrons. The summed E-state index contributed by atoms with van der Waals surface area (Å²) in [4.78, 5) is 52.3. The first-order chi connectivity index (χ1) is 17.1. The maximum atomic E-state index is 12.6.